The van der Waals surface area contributed by atoms with Crippen LogP contribution >= 0.6 is 11.6 Å². The summed E-state index contributed by atoms with van der Waals surface area (Å²) in [6.07, 6.45) is 1.07. The maximum Gasteiger partial charge on any atom is 0.305 e. The van der Waals surface area contributed by atoms with Gasteiger partial charge >= 0.3 is 5.97 Å². The number of rotatable bonds is 5. The van der Waals surface area contributed by atoms with Crippen molar-refractivity contribution in [1.29, 1.82) is 0 Å². The third-order valence-electron chi connectivity index (χ3n) is 4.51. The van der Waals surface area contributed by atoms with Crippen LogP contribution in [0.3, 0.4) is 0 Å². The molecule has 2 aromatic carbocycles. The second-order valence-electron chi connectivity index (χ2n) is 6.52. The second-order valence-corrected chi connectivity index (χ2v) is 6.93. The molecule has 3 rings (SSSR count). The van der Waals surface area contributed by atoms with Crippen molar-refractivity contribution in [2.45, 2.75) is 24.8 Å². The zero-order chi connectivity index (χ0) is 18.6. The number of hydrogen-bond acceptors (Lipinski definition) is 3. The minimum atomic E-state index is -0.972. The summed E-state index contributed by atoms with van der Waals surface area (Å²) < 4.78 is 5.44. The highest BCUT2D eigenvalue weighted by molar-refractivity contribution is 6.34. The largest absolute Gasteiger partial charge is 0.481 e. The number of carboxylic acids is 1. The summed E-state index contributed by atoms with van der Waals surface area (Å²) in [4.78, 5) is 24.1. The molecule has 2 aromatic rings. The van der Waals surface area contributed by atoms with E-state index in [2.05, 4.69) is 5.32 Å². The molecule has 0 bridgehead atoms. The minimum absolute atomic E-state index is 0.182. The van der Waals surface area contributed by atoms with E-state index in [4.69, 9.17) is 16.3 Å². The first kappa shape index (κ1) is 18.4. The molecule has 6 heteroatoms. The van der Waals surface area contributed by atoms with Crippen LogP contribution in [-0.2, 0) is 9.53 Å². The molecule has 1 amide bonds. The fourth-order valence-electron chi connectivity index (χ4n) is 3.24. The maximum atomic E-state index is 12.9. The van der Waals surface area contributed by atoms with Crippen molar-refractivity contribution in [2.75, 3.05) is 13.2 Å². The minimum Gasteiger partial charge on any atom is -0.481 e. The molecule has 1 saturated heterocycles. The molecule has 5 nitrogen and oxygen atoms in total. The number of hydrogen-bond donors (Lipinski definition) is 2. The van der Waals surface area contributed by atoms with Crippen LogP contribution in [0.4, 0.5) is 0 Å². The van der Waals surface area contributed by atoms with Crippen molar-refractivity contribution in [3.63, 3.8) is 0 Å². The van der Waals surface area contributed by atoms with Gasteiger partial charge in [0.05, 0.1) is 29.2 Å². The molecule has 1 fully saturated rings. The lowest BCUT2D eigenvalue weighted by Crippen LogP contribution is -2.55. The first-order valence-corrected chi connectivity index (χ1v) is 8.84. The lowest BCUT2D eigenvalue weighted by Gasteiger charge is -2.36. The van der Waals surface area contributed by atoms with Crippen LogP contribution in [0.25, 0.3) is 11.1 Å². The molecule has 0 radical (unpaired) electrons. The Kier molecular flexibility index (Phi) is 5.59. The van der Waals surface area contributed by atoms with E-state index >= 15 is 0 Å². The predicted octanol–water partition coefficient (Wildman–Crippen LogP) is 3.76. The van der Waals surface area contributed by atoms with E-state index in [9.17, 15) is 14.7 Å². The zero-order valence-electron chi connectivity index (χ0n) is 14.2. The molecule has 2 N–H and O–H groups in total. The Hall–Kier alpha value is -2.37. The third kappa shape index (κ3) is 4.23. The number of ether oxygens (including phenoxy) is 1. The van der Waals surface area contributed by atoms with Gasteiger partial charge in [0.25, 0.3) is 5.91 Å². The molecular formula is C20H20ClNO4. The van der Waals surface area contributed by atoms with Gasteiger partial charge < -0.3 is 15.2 Å². The van der Waals surface area contributed by atoms with E-state index in [0.29, 0.717) is 30.0 Å². The van der Waals surface area contributed by atoms with Crippen LogP contribution in [0.15, 0.2) is 48.5 Å². The lowest BCUT2D eigenvalue weighted by atomic mass is 9.88. The summed E-state index contributed by atoms with van der Waals surface area (Å²) in [6, 6.07) is 14.9. The summed E-state index contributed by atoms with van der Waals surface area (Å²) in [7, 11) is 0. The Bertz CT molecular complexity index is 801. The first-order valence-electron chi connectivity index (χ1n) is 8.46. The summed E-state index contributed by atoms with van der Waals surface area (Å²) >= 11 is 6.24. The molecule has 1 aliphatic heterocycles. The Labute approximate surface area is 156 Å². The van der Waals surface area contributed by atoms with Crippen LogP contribution in [0, 0.1) is 0 Å². The van der Waals surface area contributed by atoms with Gasteiger partial charge in [-0.15, -0.1) is 0 Å². The fraction of sp³-hybridized carbons (Fsp3) is 0.300. The van der Waals surface area contributed by atoms with Gasteiger partial charge in [-0.1, -0.05) is 48.0 Å². The van der Waals surface area contributed by atoms with Crippen LogP contribution in [-0.4, -0.2) is 35.7 Å². The van der Waals surface area contributed by atoms with Gasteiger partial charge in [0.15, 0.2) is 0 Å². The van der Waals surface area contributed by atoms with Gasteiger partial charge in [-0.3, -0.25) is 9.59 Å². The Morgan fingerprint density at radius 3 is 2.58 bits per heavy atom. The molecule has 1 aliphatic rings. The highest BCUT2D eigenvalue weighted by atomic mass is 35.5. The maximum absolute atomic E-state index is 12.9. The van der Waals surface area contributed by atoms with E-state index in [1.165, 1.54) is 0 Å². The number of halogens is 1. The van der Waals surface area contributed by atoms with E-state index in [1.807, 2.05) is 36.4 Å². The van der Waals surface area contributed by atoms with Gasteiger partial charge in [-0.2, -0.15) is 0 Å². The number of carboxylic acid groups (broad SMARTS) is 1. The van der Waals surface area contributed by atoms with Gasteiger partial charge in [0.1, 0.15) is 0 Å². The first-order chi connectivity index (χ1) is 12.5. The normalized spacial score (nSPS) is 19.7. The molecule has 1 atom stereocenters. The van der Waals surface area contributed by atoms with Crippen LogP contribution < -0.4 is 5.32 Å². The van der Waals surface area contributed by atoms with Gasteiger partial charge in [0, 0.05) is 6.61 Å². The molecule has 26 heavy (non-hydrogen) atoms. The number of carbonyl (C=O) groups excluding carboxylic acids is 1. The van der Waals surface area contributed by atoms with E-state index < -0.39 is 11.5 Å². The number of aliphatic carboxylic acids is 1. The summed E-state index contributed by atoms with van der Waals surface area (Å²) in [5.74, 6) is -1.36. The summed E-state index contributed by atoms with van der Waals surface area (Å²) in [5.41, 5.74) is 1.25. The molecule has 0 aliphatic carbocycles. The third-order valence-corrected chi connectivity index (χ3v) is 4.84. The average molecular weight is 374 g/mol. The Balaban J connectivity index is 1.87. The molecule has 0 saturated carbocycles. The SMILES string of the molecule is O=C(O)CC1(NC(=O)c2cc(-c3ccccc3)ccc2Cl)CCCOC1. The predicted molar refractivity (Wildman–Crippen MR) is 99.4 cm³/mol. The molecule has 1 unspecified atom stereocenters. The number of nitrogens with one attached hydrogen (secondary N) is 1. The van der Waals surface area contributed by atoms with Gasteiger partial charge in [0.2, 0.25) is 0 Å². The fourth-order valence-corrected chi connectivity index (χ4v) is 3.44. The van der Waals surface area contributed by atoms with E-state index in [0.717, 1.165) is 11.1 Å². The quantitative estimate of drug-likeness (QED) is 0.836. The Morgan fingerprint density at radius 1 is 1.15 bits per heavy atom. The lowest BCUT2D eigenvalue weighted by molar-refractivity contribution is -0.140. The number of benzene rings is 2. The van der Waals surface area contributed by atoms with E-state index in [-0.39, 0.29) is 18.9 Å². The topological polar surface area (TPSA) is 75.6 Å². The smallest absolute Gasteiger partial charge is 0.305 e. The molecule has 136 valence electrons. The summed E-state index contributed by atoms with van der Waals surface area (Å²) in [6.45, 7) is 0.753. The van der Waals surface area contributed by atoms with Crippen molar-refractivity contribution in [1.82, 2.24) is 5.32 Å². The molecule has 1 heterocycles. The summed E-state index contributed by atoms with van der Waals surface area (Å²) in [5, 5.41) is 12.4. The molecule has 0 spiro atoms. The van der Waals surface area contributed by atoms with Crippen molar-refractivity contribution in [2.24, 2.45) is 0 Å². The van der Waals surface area contributed by atoms with E-state index in [1.54, 1.807) is 12.1 Å². The zero-order valence-corrected chi connectivity index (χ0v) is 15.0. The number of amides is 1. The molecule has 0 aromatic heterocycles. The standard InChI is InChI=1S/C20H20ClNO4/c21-17-8-7-15(14-5-2-1-3-6-14)11-16(17)19(25)22-20(12-18(23)24)9-4-10-26-13-20/h1-3,5-8,11H,4,9-10,12-13H2,(H,22,25)(H,23,24). The van der Waals surface area contributed by atoms with Crippen LogP contribution in [0.2, 0.25) is 5.02 Å². The highest BCUT2D eigenvalue weighted by Crippen LogP contribution is 2.28. The average Bonchev–Trinajstić information content (AvgIpc) is 2.62. The van der Waals surface area contributed by atoms with Crippen molar-refractivity contribution >= 4 is 23.5 Å². The van der Waals surface area contributed by atoms with Crippen LogP contribution in [0.1, 0.15) is 29.6 Å². The van der Waals surface area contributed by atoms with Gasteiger partial charge in [-0.05, 0) is 36.1 Å². The van der Waals surface area contributed by atoms with Crippen molar-refractivity contribution in [3.05, 3.63) is 59.1 Å². The monoisotopic (exact) mass is 373 g/mol. The second kappa shape index (κ2) is 7.89. The Morgan fingerprint density at radius 2 is 1.92 bits per heavy atom. The number of carbonyl (C=O) groups is 2. The van der Waals surface area contributed by atoms with Crippen molar-refractivity contribution in [3.8, 4) is 11.1 Å². The highest BCUT2D eigenvalue weighted by Gasteiger charge is 2.37. The van der Waals surface area contributed by atoms with Crippen LogP contribution in [0.5, 0.6) is 0 Å². The van der Waals surface area contributed by atoms with Gasteiger partial charge in [-0.25, -0.2) is 0 Å². The molecular weight excluding hydrogens is 354 g/mol. The van der Waals surface area contributed by atoms with Crippen molar-refractivity contribution < 1.29 is 19.4 Å².